The lowest BCUT2D eigenvalue weighted by molar-refractivity contribution is -0.145. The van der Waals surface area contributed by atoms with Gasteiger partial charge in [0.1, 0.15) is 0 Å². The molecule has 2 heterocycles. The highest BCUT2D eigenvalue weighted by atomic mass is 16.5. The zero-order valence-electron chi connectivity index (χ0n) is 14.9. The second kappa shape index (κ2) is 7.21. The summed E-state index contributed by atoms with van der Waals surface area (Å²) in [6.07, 6.45) is 3.14. The lowest BCUT2D eigenvalue weighted by Gasteiger charge is -2.44. The molecular formula is C19H28N2O3. The summed E-state index contributed by atoms with van der Waals surface area (Å²) in [4.78, 5) is 14.6. The van der Waals surface area contributed by atoms with Crippen LogP contribution < -0.4 is 5.32 Å². The molecule has 1 aromatic rings. The second-order valence-electron chi connectivity index (χ2n) is 7.09. The number of carbonyl (C=O) groups excluding carboxylic acids is 1. The third-order valence-corrected chi connectivity index (χ3v) is 5.31. The van der Waals surface area contributed by atoms with Crippen molar-refractivity contribution in [1.82, 2.24) is 4.90 Å². The number of ether oxygens (including phenoxy) is 2. The van der Waals surface area contributed by atoms with Crippen LogP contribution in [0.2, 0.25) is 0 Å². The number of methoxy groups -OCH3 is 1. The van der Waals surface area contributed by atoms with Crippen molar-refractivity contribution in [3.05, 3.63) is 29.3 Å². The molecule has 5 nitrogen and oxygen atoms in total. The zero-order chi connectivity index (χ0) is 17.2. The molecule has 0 saturated carbocycles. The van der Waals surface area contributed by atoms with Gasteiger partial charge in [-0.15, -0.1) is 0 Å². The van der Waals surface area contributed by atoms with Gasteiger partial charge in [-0.1, -0.05) is 12.1 Å². The van der Waals surface area contributed by atoms with Gasteiger partial charge in [-0.05, 0) is 50.3 Å². The first-order valence-electron chi connectivity index (χ1n) is 8.79. The predicted octanol–water partition coefficient (Wildman–Crippen LogP) is 2.51. The van der Waals surface area contributed by atoms with E-state index in [0.29, 0.717) is 6.54 Å². The van der Waals surface area contributed by atoms with Crippen molar-refractivity contribution < 1.29 is 14.3 Å². The Balaban J connectivity index is 1.58. The molecule has 0 aromatic heterocycles. The molecule has 2 fully saturated rings. The molecular weight excluding hydrogens is 304 g/mol. The van der Waals surface area contributed by atoms with Crippen LogP contribution in [0.3, 0.4) is 0 Å². The number of likely N-dealkylation sites (tertiary alicyclic amines) is 1. The average Bonchev–Trinajstić information content (AvgIpc) is 3.02. The molecule has 1 aromatic carbocycles. The molecule has 132 valence electrons. The molecule has 0 aliphatic carbocycles. The van der Waals surface area contributed by atoms with Crippen LogP contribution in [0.25, 0.3) is 0 Å². The molecule has 0 radical (unpaired) electrons. The Labute approximate surface area is 144 Å². The van der Waals surface area contributed by atoms with Crippen LogP contribution in [-0.2, 0) is 14.3 Å². The van der Waals surface area contributed by atoms with E-state index in [-0.39, 0.29) is 17.6 Å². The van der Waals surface area contributed by atoms with Gasteiger partial charge in [0.25, 0.3) is 0 Å². The van der Waals surface area contributed by atoms with Crippen LogP contribution in [0.1, 0.15) is 30.4 Å². The van der Waals surface area contributed by atoms with Crippen LogP contribution in [0.5, 0.6) is 0 Å². The van der Waals surface area contributed by atoms with E-state index >= 15 is 0 Å². The number of hydrogen-bond donors (Lipinski definition) is 1. The van der Waals surface area contributed by atoms with E-state index < -0.39 is 0 Å². The van der Waals surface area contributed by atoms with Gasteiger partial charge in [-0.2, -0.15) is 0 Å². The van der Waals surface area contributed by atoms with E-state index in [1.165, 1.54) is 0 Å². The van der Waals surface area contributed by atoms with Crippen molar-refractivity contribution in [1.29, 1.82) is 0 Å². The van der Waals surface area contributed by atoms with Crippen LogP contribution in [0.4, 0.5) is 5.69 Å². The van der Waals surface area contributed by atoms with Crippen molar-refractivity contribution in [2.45, 2.75) is 44.8 Å². The summed E-state index contributed by atoms with van der Waals surface area (Å²) in [7, 11) is 1.74. The van der Waals surface area contributed by atoms with Gasteiger partial charge in [0.05, 0.1) is 18.2 Å². The number of carbonyl (C=O) groups is 1. The van der Waals surface area contributed by atoms with Gasteiger partial charge < -0.3 is 14.8 Å². The topological polar surface area (TPSA) is 50.8 Å². The molecule has 1 spiro atoms. The molecule has 2 aliphatic rings. The lowest BCUT2D eigenvalue weighted by atomic mass is 9.86. The fourth-order valence-electron chi connectivity index (χ4n) is 3.87. The molecule has 3 rings (SSSR count). The highest BCUT2D eigenvalue weighted by molar-refractivity contribution is 5.93. The van der Waals surface area contributed by atoms with Crippen LogP contribution in [0.15, 0.2) is 18.2 Å². The van der Waals surface area contributed by atoms with Crippen molar-refractivity contribution in [3.63, 3.8) is 0 Å². The number of benzene rings is 1. The Bertz CT molecular complexity index is 596. The Morgan fingerprint density at radius 3 is 2.96 bits per heavy atom. The van der Waals surface area contributed by atoms with E-state index in [2.05, 4.69) is 16.3 Å². The third-order valence-electron chi connectivity index (χ3n) is 5.31. The van der Waals surface area contributed by atoms with Gasteiger partial charge >= 0.3 is 0 Å². The molecule has 0 unspecified atom stereocenters. The van der Waals surface area contributed by atoms with Gasteiger partial charge in [-0.3, -0.25) is 9.69 Å². The van der Waals surface area contributed by atoms with Gasteiger partial charge in [-0.25, -0.2) is 0 Å². The summed E-state index contributed by atoms with van der Waals surface area (Å²) in [5, 5.41) is 3.04. The first-order valence-corrected chi connectivity index (χ1v) is 8.79. The monoisotopic (exact) mass is 332 g/mol. The van der Waals surface area contributed by atoms with Crippen molar-refractivity contribution in [2.75, 3.05) is 38.7 Å². The summed E-state index contributed by atoms with van der Waals surface area (Å²) < 4.78 is 11.7. The van der Waals surface area contributed by atoms with Gasteiger partial charge in [0.2, 0.25) is 5.91 Å². The van der Waals surface area contributed by atoms with E-state index in [9.17, 15) is 4.79 Å². The summed E-state index contributed by atoms with van der Waals surface area (Å²) in [5.74, 6) is 0.0295. The molecule has 1 amide bonds. The minimum absolute atomic E-state index is 0.0295. The van der Waals surface area contributed by atoms with Gasteiger partial charge in [0, 0.05) is 32.5 Å². The number of nitrogens with one attached hydrogen (secondary N) is 1. The SMILES string of the molecule is CO[C@@H]1CN(CC(=O)Nc2cc(C)ccc2C)CC[C@]12CCCO2. The molecule has 24 heavy (non-hydrogen) atoms. The number of anilines is 1. The highest BCUT2D eigenvalue weighted by Crippen LogP contribution is 2.37. The molecule has 2 aliphatic heterocycles. The Kier molecular flexibility index (Phi) is 5.23. The smallest absolute Gasteiger partial charge is 0.238 e. The Hall–Kier alpha value is -1.43. The first-order chi connectivity index (χ1) is 11.5. The van der Waals surface area contributed by atoms with E-state index in [1.54, 1.807) is 7.11 Å². The minimum atomic E-state index is -0.130. The Morgan fingerprint density at radius 2 is 2.25 bits per heavy atom. The normalized spacial score (nSPS) is 27.5. The van der Waals surface area contributed by atoms with Crippen LogP contribution in [0, 0.1) is 13.8 Å². The molecule has 1 N–H and O–H groups in total. The van der Waals surface area contributed by atoms with Crippen molar-refractivity contribution in [3.8, 4) is 0 Å². The Morgan fingerprint density at radius 1 is 1.42 bits per heavy atom. The molecule has 2 atom stereocenters. The zero-order valence-corrected chi connectivity index (χ0v) is 14.9. The van der Waals surface area contributed by atoms with E-state index in [4.69, 9.17) is 9.47 Å². The minimum Gasteiger partial charge on any atom is -0.377 e. The fraction of sp³-hybridized carbons (Fsp3) is 0.632. The van der Waals surface area contributed by atoms with E-state index in [1.807, 2.05) is 26.0 Å². The lowest BCUT2D eigenvalue weighted by Crippen LogP contribution is -2.57. The number of rotatable bonds is 4. The number of nitrogens with zero attached hydrogens (tertiary/aromatic N) is 1. The van der Waals surface area contributed by atoms with E-state index in [0.717, 1.165) is 55.8 Å². The maximum atomic E-state index is 12.4. The highest BCUT2D eigenvalue weighted by Gasteiger charge is 2.46. The van der Waals surface area contributed by atoms with Crippen molar-refractivity contribution in [2.24, 2.45) is 0 Å². The number of piperidine rings is 1. The maximum Gasteiger partial charge on any atom is 0.238 e. The molecule has 5 heteroatoms. The molecule has 0 bridgehead atoms. The summed E-state index contributed by atoms with van der Waals surface area (Å²) >= 11 is 0. The third kappa shape index (κ3) is 3.63. The van der Waals surface area contributed by atoms with Crippen molar-refractivity contribution >= 4 is 11.6 Å². The standard InChI is InChI=1S/C19H28N2O3/c1-14-5-6-15(2)16(11-14)20-18(22)13-21-9-8-19(7-4-10-24-19)17(12-21)23-3/h5-6,11,17H,4,7-10,12-13H2,1-3H3,(H,20,22)/t17-,19-/m1/s1. The number of aryl methyl sites for hydroxylation is 2. The summed E-state index contributed by atoms with van der Waals surface area (Å²) in [6.45, 7) is 6.88. The first kappa shape index (κ1) is 17.4. The van der Waals surface area contributed by atoms with Crippen LogP contribution in [-0.4, -0.2) is 55.9 Å². The van der Waals surface area contributed by atoms with Gasteiger partial charge in [0.15, 0.2) is 0 Å². The molecule has 2 saturated heterocycles. The fourth-order valence-corrected chi connectivity index (χ4v) is 3.87. The maximum absolute atomic E-state index is 12.4. The number of amides is 1. The summed E-state index contributed by atoms with van der Waals surface area (Å²) in [6, 6.07) is 6.11. The predicted molar refractivity (Wildman–Crippen MR) is 94.3 cm³/mol. The average molecular weight is 332 g/mol. The second-order valence-corrected chi connectivity index (χ2v) is 7.09. The number of hydrogen-bond acceptors (Lipinski definition) is 4. The summed E-state index contributed by atoms with van der Waals surface area (Å²) in [5.41, 5.74) is 3.00. The quantitative estimate of drug-likeness (QED) is 0.920. The largest absolute Gasteiger partial charge is 0.377 e. The van der Waals surface area contributed by atoms with Crippen LogP contribution >= 0.6 is 0 Å².